The molecule has 7 nitrogen and oxygen atoms in total. The summed E-state index contributed by atoms with van der Waals surface area (Å²) >= 11 is 13.4. The summed E-state index contributed by atoms with van der Waals surface area (Å²) in [4.78, 5) is 25.2. The Balaban J connectivity index is 1.72. The lowest BCUT2D eigenvalue weighted by atomic mass is 10.0. The Hall–Kier alpha value is -2.55. The molecule has 0 saturated heterocycles. The quantitative estimate of drug-likeness (QED) is 0.376. The average molecular weight is 506 g/mol. The minimum absolute atomic E-state index is 0.0508. The standard InChI is InChI=1S/C23H25Cl2N5O2S/c1-4-30-21(20(14(2)3)27-22(32)17-10-5-6-11-18(17)25)28-29-23(30)33-13-19(31)26-16-9-7-8-15(24)12-16/h5-12,14,20H,4,13H2,1-3H3,(H,26,31)(H,27,32)/t20-/m1/s1. The van der Waals surface area contributed by atoms with Crippen LogP contribution < -0.4 is 10.6 Å². The van der Waals surface area contributed by atoms with Gasteiger partial charge in [-0.2, -0.15) is 0 Å². The number of carbonyl (C=O) groups is 2. The summed E-state index contributed by atoms with van der Waals surface area (Å²) in [5, 5.41) is 16.0. The van der Waals surface area contributed by atoms with E-state index in [0.29, 0.717) is 38.8 Å². The molecule has 0 spiro atoms. The first-order chi connectivity index (χ1) is 15.8. The zero-order valence-corrected chi connectivity index (χ0v) is 20.8. The van der Waals surface area contributed by atoms with Crippen molar-refractivity contribution in [3.63, 3.8) is 0 Å². The molecule has 2 amide bonds. The van der Waals surface area contributed by atoms with Crippen molar-refractivity contribution in [3.05, 3.63) is 70.0 Å². The molecule has 0 saturated carbocycles. The number of thioether (sulfide) groups is 1. The van der Waals surface area contributed by atoms with E-state index in [-0.39, 0.29) is 29.5 Å². The summed E-state index contributed by atoms with van der Waals surface area (Å²) in [6.45, 7) is 6.55. The van der Waals surface area contributed by atoms with E-state index in [1.54, 1.807) is 48.5 Å². The fourth-order valence-corrected chi connectivity index (χ4v) is 4.44. The molecule has 1 heterocycles. The smallest absolute Gasteiger partial charge is 0.253 e. The average Bonchev–Trinajstić information content (AvgIpc) is 3.18. The number of amides is 2. The number of nitrogens with zero attached hydrogens (tertiary/aromatic N) is 3. The van der Waals surface area contributed by atoms with E-state index in [4.69, 9.17) is 23.2 Å². The highest BCUT2D eigenvalue weighted by Gasteiger charge is 2.26. The van der Waals surface area contributed by atoms with Crippen LogP contribution in [-0.4, -0.2) is 32.3 Å². The highest BCUT2D eigenvalue weighted by molar-refractivity contribution is 7.99. The first-order valence-corrected chi connectivity index (χ1v) is 12.2. The van der Waals surface area contributed by atoms with Crippen molar-refractivity contribution in [2.45, 2.75) is 38.5 Å². The van der Waals surface area contributed by atoms with Crippen LogP contribution in [0.15, 0.2) is 53.7 Å². The molecule has 10 heteroatoms. The summed E-state index contributed by atoms with van der Waals surface area (Å²) in [5.41, 5.74) is 1.03. The molecule has 0 aliphatic carbocycles. The van der Waals surface area contributed by atoms with Crippen LogP contribution in [0.4, 0.5) is 5.69 Å². The predicted octanol–water partition coefficient (Wildman–Crippen LogP) is 5.46. The molecule has 3 rings (SSSR count). The van der Waals surface area contributed by atoms with Crippen molar-refractivity contribution < 1.29 is 9.59 Å². The van der Waals surface area contributed by atoms with Gasteiger partial charge in [0.05, 0.1) is 22.4 Å². The highest BCUT2D eigenvalue weighted by atomic mass is 35.5. The molecule has 0 aliphatic rings. The number of carbonyl (C=O) groups excluding carboxylic acids is 2. The maximum Gasteiger partial charge on any atom is 0.253 e. The van der Waals surface area contributed by atoms with Gasteiger partial charge < -0.3 is 15.2 Å². The third-order valence-corrected chi connectivity index (χ3v) is 6.38. The monoisotopic (exact) mass is 505 g/mol. The Kier molecular flexibility index (Phi) is 8.77. The third-order valence-electron chi connectivity index (χ3n) is 4.85. The van der Waals surface area contributed by atoms with E-state index >= 15 is 0 Å². The first-order valence-electron chi connectivity index (χ1n) is 10.5. The zero-order chi connectivity index (χ0) is 24.0. The van der Waals surface area contributed by atoms with E-state index in [1.807, 2.05) is 25.3 Å². The Labute approximate surface area is 207 Å². The van der Waals surface area contributed by atoms with Crippen molar-refractivity contribution in [1.29, 1.82) is 0 Å². The number of rotatable bonds is 9. The zero-order valence-electron chi connectivity index (χ0n) is 18.5. The van der Waals surface area contributed by atoms with E-state index in [2.05, 4.69) is 20.8 Å². The van der Waals surface area contributed by atoms with Crippen LogP contribution in [0, 0.1) is 5.92 Å². The number of hydrogen-bond acceptors (Lipinski definition) is 5. The Morgan fingerprint density at radius 2 is 1.85 bits per heavy atom. The first kappa shape index (κ1) is 25.1. The molecule has 3 aromatic rings. The van der Waals surface area contributed by atoms with Crippen molar-refractivity contribution in [1.82, 2.24) is 20.1 Å². The van der Waals surface area contributed by atoms with Crippen LogP contribution in [0.25, 0.3) is 0 Å². The lowest BCUT2D eigenvalue weighted by molar-refractivity contribution is -0.113. The SMILES string of the molecule is CCn1c(SCC(=O)Nc2cccc(Cl)c2)nnc1[C@H](NC(=O)c1ccccc1Cl)C(C)C. The molecule has 0 radical (unpaired) electrons. The number of hydrogen-bond donors (Lipinski definition) is 2. The van der Waals surface area contributed by atoms with Crippen molar-refractivity contribution in [2.75, 3.05) is 11.1 Å². The fourth-order valence-electron chi connectivity index (χ4n) is 3.22. The molecule has 0 fully saturated rings. The van der Waals surface area contributed by atoms with Gasteiger partial charge in [-0.3, -0.25) is 9.59 Å². The van der Waals surface area contributed by atoms with Gasteiger partial charge in [-0.1, -0.05) is 67.0 Å². The van der Waals surface area contributed by atoms with Crippen molar-refractivity contribution in [2.24, 2.45) is 5.92 Å². The van der Waals surface area contributed by atoms with Gasteiger partial charge in [-0.15, -0.1) is 10.2 Å². The molecule has 2 N–H and O–H groups in total. The van der Waals surface area contributed by atoms with Crippen LogP contribution in [0.5, 0.6) is 0 Å². The largest absolute Gasteiger partial charge is 0.342 e. The molecule has 0 bridgehead atoms. The molecule has 2 aromatic carbocycles. The number of nitrogens with one attached hydrogen (secondary N) is 2. The molecule has 174 valence electrons. The lowest BCUT2D eigenvalue weighted by Crippen LogP contribution is -2.34. The van der Waals surface area contributed by atoms with Crippen LogP contribution in [0.1, 0.15) is 43.0 Å². The topological polar surface area (TPSA) is 88.9 Å². The maximum absolute atomic E-state index is 12.9. The second-order valence-corrected chi connectivity index (χ2v) is 9.39. The minimum Gasteiger partial charge on any atom is -0.342 e. The second kappa shape index (κ2) is 11.5. The molecule has 33 heavy (non-hydrogen) atoms. The van der Waals surface area contributed by atoms with Crippen LogP contribution in [-0.2, 0) is 11.3 Å². The summed E-state index contributed by atoms with van der Waals surface area (Å²) in [6, 6.07) is 13.5. The summed E-state index contributed by atoms with van der Waals surface area (Å²) < 4.78 is 1.91. The molecule has 0 unspecified atom stereocenters. The van der Waals surface area contributed by atoms with Crippen molar-refractivity contribution in [3.8, 4) is 0 Å². The molecular weight excluding hydrogens is 481 g/mol. The van der Waals surface area contributed by atoms with Gasteiger partial charge in [0.15, 0.2) is 11.0 Å². The Bertz CT molecular complexity index is 1140. The maximum atomic E-state index is 12.9. The Morgan fingerprint density at radius 1 is 1.09 bits per heavy atom. The summed E-state index contributed by atoms with van der Waals surface area (Å²) in [5.74, 6) is 0.380. The molecular formula is C23H25Cl2N5O2S. The van der Waals surface area contributed by atoms with Gasteiger partial charge in [0.25, 0.3) is 5.91 Å². The van der Waals surface area contributed by atoms with Gasteiger partial charge in [0.1, 0.15) is 0 Å². The molecule has 1 aromatic heterocycles. The summed E-state index contributed by atoms with van der Waals surface area (Å²) in [6.07, 6.45) is 0. The minimum atomic E-state index is -0.379. The number of benzene rings is 2. The van der Waals surface area contributed by atoms with E-state index in [9.17, 15) is 9.59 Å². The number of halogens is 2. The van der Waals surface area contributed by atoms with Gasteiger partial charge in [0.2, 0.25) is 5.91 Å². The van der Waals surface area contributed by atoms with Crippen LogP contribution >= 0.6 is 35.0 Å². The van der Waals surface area contributed by atoms with Crippen LogP contribution in [0.2, 0.25) is 10.0 Å². The van der Waals surface area contributed by atoms with Gasteiger partial charge in [-0.05, 0) is 43.2 Å². The van der Waals surface area contributed by atoms with E-state index < -0.39 is 0 Å². The third kappa shape index (κ3) is 6.50. The molecule has 1 atom stereocenters. The highest BCUT2D eigenvalue weighted by Crippen LogP contribution is 2.26. The predicted molar refractivity (Wildman–Crippen MR) is 133 cm³/mol. The van der Waals surface area contributed by atoms with Crippen LogP contribution in [0.3, 0.4) is 0 Å². The fraction of sp³-hybridized carbons (Fsp3) is 0.304. The van der Waals surface area contributed by atoms with Gasteiger partial charge >= 0.3 is 0 Å². The van der Waals surface area contributed by atoms with Crippen molar-refractivity contribution >= 4 is 52.5 Å². The number of anilines is 1. The molecule has 0 aliphatic heterocycles. The second-order valence-electron chi connectivity index (χ2n) is 7.61. The lowest BCUT2D eigenvalue weighted by Gasteiger charge is -2.22. The van der Waals surface area contributed by atoms with E-state index in [1.165, 1.54) is 11.8 Å². The summed E-state index contributed by atoms with van der Waals surface area (Å²) in [7, 11) is 0. The van der Waals surface area contributed by atoms with Gasteiger partial charge in [0, 0.05) is 17.3 Å². The van der Waals surface area contributed by atoms with Gasteiger partial charge in [-0.25, -0.2) is 0 Å². The Morgan fingerprint density at radius 3 is 2.52 bits per heavy atom. The number of aromatic nitrogens is 3. The normalized spacial score (nSPS) is 11.9. The van der Waals surface area contributed by atoms with E-state index in [0.717, 1.165) is 0 Å².